The molecule has 88 valence electrons. The molecule has 0 saturated heterocycles. The first-order valence-corrected chi connectivity index (χ1v) is 5.04. The van der Waals surface area contributed by atoms with Crippen LogP contribution < -0.4 is 10.6 Å². The molecule has 5 heteroatoms. The van der Waals surface area contributed by atoms with Crippen molar-refractivity contribution in [1.29, 1.82) is 0 Å². The van der Waals surface area contributed by atoms with Crippen LogP contribution in [0.4, 0.5) is 0 Å². The minimum atomic E-state index is -0.429. The highest BCUT2D eigenvalue weighted by Crippen LogP contribution is 2.11. The predicted octanol–water partition coefficient (Wildman–Crippen LogP) is -0.353. The van der Waals surface area contributed by atoms with E-state index in [1.54, 1.807) is 0 Å². The molecule has 0 saturated carbocycles. The first-order valence-electron chi connectivity index (χ1n) is 5.04. The molecule has 2 amide bonds. The van der Waals surface area contributed by atoms with Gasteiger partial charge in [-0.3, -0.25) is 9.59 Å². The summed E-state index contributed by atoms with van der Waals surface area (Å²) in [5.74, 6) is -0.240. The molecule has 0 aromatic carbocycles. The monoisotopic (exact) mass is 216 g/mol. The number of aliphatic hydroxyl groups excluding tert-OH is 1. The van der Waals surface area contributed by atoms with E-state index in [1.807, 2.05) is 20.8 Å². The lowest BCUT2D eigenvalue weighted by Gasteiger charge is -2.17. The first-order chi connectivity index (χ1) is 6.88. The Hall–Kier alpha value is -1.10. The molecule has 0 rings (SSSR count). The third kappa shape index (κ3) is 6.90. The fourth-order valence-corrected chi connectivity index (χ4v) is 0.838. The Bertz CT molecular complexity index is 221. The fourth-order valence-electron chi connectivity index (χ4n) is 0.838. The fraction of sp³-hybridized carbons (Fsp3) is 0.800. The van der Waals surface area contributed by atoms with E-state index in [0.717, 1.165) is 0 Å². The van der Waals surface area contributed by atoms with Gasteiger partial charge in [0.05, 0.1) is 6.61 Å². The molecule has 0 fully saturated rings. The first kappa shape index (κ1) is 13.9. The number of carbonyl (C=O) groups is 2. The van der Waals surface area contributed by atoms with Crippen LogP contribution in [0.25, 0.3) is 0 Å². The quantitative estimate of drug-likeness (QED) is 0.587. The van der Waals surface area contributed by atoms with Gasteiger partial charge in [-0.05, 0) is 0 Å². The lowest BCUT2D eigenvalue weighted by atomic mass is 9.96. The van der Waals surface area contributed by atoms with Gasteiger partial charge in [-0.15, -0.1) is 0 Å². The molecule has 0 aliphatic carbocycles. The van der Waals surface area contributed by atoms with Crippen LogP contribution in [0.15, 0.2) is 0 Å². The van der Waals surface area contributed by atoms with Gasteiger partial charge in [-0.25, -0.2) is 0 Å². The molecule has 0 spiro atoms. The lowest BCUT2D eigenvalue weighted by Crippen LogP contribution is -2.37. The summed E-state index contributed by atoms with van der Waals surface area (Å²) in [5, 5.41) is 13.6. The highest BCUT2D eigenvalue weighted by atomic mass is 16.3. The van der Waals surface area contributed by atoms with Crippen LogP contribution in [0.1, 0.15) is 27.2 Å². The molecule has 0 radical (unpaired) electrons. The Balaban J connectivity index is 3.62. The van der Waals surface area contributed by atoms with Crippen molar-refractivity contribution in [2.45, 2.75) is 27.2 Å². The molecular formula is C10H20N2O3. The molecule has 0 bridgehead atoms. The Labute approximate surface area is 90.2 Å². The number of carbonyl (C=O) groups excluding carboxylic acids is 2. The molecule has 0 aromatic rings. The molecule has 0 unspecified atom stereocenters. The van der Waals surface area contributed by atoms with Gasteiger partial charge in [0.1, 0.15) is 0 Å². The van der Waals surface area contributed by atoms with Gasteiger partial charge < -0.3 is 15.7 Å². The summed E-state index contributed by atoms with van der Waals surface area (Å²) in [4.78, 5) is 22.4. The van der Waals surface area contributed by atoms with Crippen molar-refractivity contribution in [3.8, 4) is 0 Å². The van der Waals surface area contributed by atoms with E-state index in [4.69, 9.17) is 5.11 Å². The lowest BCUT2D eigenvalue weighted by molar-refractivity contribution is -0.128. The van der Waals surface area contributed by atoms with Crippen LogP contribution in [0.5, 0.6) is 0 Å². The molecule has 3 N–H and O–H groups in total. The minimum Gasteiger partial charge on any atom is -0.395 e. The second kappa shape index (κ2) is 6.40. The van der Waals surface area contributed by atoms with Crippen molar-refractivity contribution in [3.63, 3.8) is 0 Å². The van der Waals surface area contributed by atoms with Crippen LogP contribution in [0.3, 0.4) is 0 Å². The van der Waals surface area contributed by atoms with Gasteiger partial charge in [0.2, 0.25) is 11.8 Å². The second-order valence-electron chi connectivity index (χ2n) is 4.33. The van der Waals surface area contributed by atoms with Crippen LogP contribution in [0, 0.1) is 5.41 Å². The molecule has 5 nitrogen and oxygen atoms in total. The second-order valence-corrected chi connectivity index (χ2v) is 4.33. The molecule has 0 aromatic heterocycles. The third-order valence-corrected chi connectivity index (χ3v) is 1.75. The highest BCUT2D eigenvalue weighted by molar-refractivity contribution is 5.82. The van der Waals surface area contributed by atoms with Gasteiger partial charge in [0.15, 0.2) is 0 Å². The third-order valence-electron chi connectivity index (χ3n) is 1.75. The van der Waals surface area contributed by atoms with Crippen molar-refractivity contribution in [2.24, 2.45) is 5.41 Å². The predicted molar refractivity (Wildman–Crippen MR) is 57.2 cm³/mol. The number of nitrogens with one attached hydrogen (secondary N) is 2. The zero-order valence-electron chi connectivity index (χ0n) is 9.59. The smallest absolute Gasteiger partial charge is 0.225 e. The normalized spacial score (nSPS) is 10.9. The number of hydrogen-bond donors (Lipinski definition) is 3. The topological polar surface area (TPSA) is 78.4 Å². The summed E-state index contributed by atoms with van der Waals surface area (Å²) in [6.07, 6.45) is 0.238. The largest absolute Gasteiger partial charge is 0.395 e. The van der Waals surface area contributed by atoms with Gasteiger partial charge in [0, 0.05) is 24.9 Å². The zero-order chi connectivity index (χ0) is 11.9. The summed E-state index contributed by atoms with van der Waals surface area (Å²) in [7, 11) is 0. The maximum absolute atomic E-state index is 11.4. The summed E-state index contributed by atoms with van der Waals surface area (Å²) in [5.41, 5.74) is -0.429. The van der Waals surface area contributed by atoms with Gasteiger partial charge in [-0.1, -0.05) is 20.8 Å². The van der Waals surface area contributed by atoms with Crippen molar-refractivity contribution in [3.05, 3.63) is 0 Å². The summed E-state index contributed by atoms with van der Waals surface area (Å²) in [6.45, 7) is 5.95. The molecule has 15 heavy (non-hydrogen) atoms. The Morgan fingerprint density at radius 1 is 1.13 bits per heavy atom. The Morgan fingerprint density at radius 2 is 1.73 bits per heavy atom. The van der Waals surface area contributed by atoms with E-state index in [1.165, 1.54) is 0 Å². The maximum atomic E-state index is 11.4. The van der Waals surface area contributed by atoms with E-state index >= 15 is 0 Å². The molecule has 0 aliphatic heterocycles. The summed E-state index contributed by atoms with van der Waals surface area (Å²) < 4.78 is 0. The van der Waals surface area contributed by atoms with E-state index in [-0.39, 0.29) is 31.4 Å². The van der Waals surface area contributed by atoms with Crippen LogP contribution >= 0.6 is 0 Å². The van der Waals surface area contributed by atoms with Crippen molar-refractivity contribution in [1.82, 2.24) is 10.6 Å². The van der Waals surface area contributed by atoms with Gasteiger partial charge in [-0.2, -0.15) is 0 Å². The van der Waals surface area contributed by atoms with Crippen LogP contribution in [-0.4, -0.2) is 36.6 Å². The summed E-state index contributed by atoms with van der Waals surface area (Å²) in [6, 6.07) is 0. The van der Waals surface area contributed by atoms with Crippen LogP contribution in [-0.2, 0) is 9.59 Å². The van der Waals surface area contributed by atoms with Crippen molar-refractivity contribution >= 4 is 11.8 Å². The Kier molecular flexibility index (Phi) is 5.93. The SMILES string of the molecule is CC(C)(C)C(=O)NCCC(=O)NCCO. The van der Waals surface area contributed by atoms with E-state index in [9.17, 15) is 9.59 Å². The van der Waals surface area contributed by atoms with Gasteiger partial charge in [0.25, 0.3) is 0 Å². The maximum Gasteiger partial charge on any atom is 0.225 e. The number of hydrogen-bond acceptors (Lipinski definition) is 3. The van der Waals surface area contributed by atoms with Crippen molar-refractivity contribution < 1.29 is 14.7 Å². The Morgan fingerprint density at radius 3 is 2.20 bits per heavy atom. The average molecular weight is 216 g/mol. The molecule has 0 aliphatic rings. The van der Waals surface area contributed by atoms with Gasteiger partial charge >= 0.3 is 0 Å². The van der Waals surface area contributed by atoms with E-state index in [0.29, 0.717) is 6.54 Å². The zero-order valence-corrected chi connectivity index (χ0v) is 9.59. The van der Waals surface area contributed by atoms with E-state index < -0.39 is 5.41 Å². The average Bonchev–Trinajstić information content (AvgIpc) is 2.13. The van der Waals surface area contributed by atoms with Crippen LogP contribution in [0.2, 0.25) is 0 Å². The number of aliphatic hydroxyl groups is 1. The molecule has 0 atom stereocenters. The van der Waals surface area contributed by atoms with Crippen molar-refractivity contribution in [2.75, 3.05) is 19.7 Å². The van der Waals surface area contributed by atoms with E-state index in [2.05, 4.69) is 10.6 Å². The standard InChI is InChI=1S/C10H20N2O3/c1-10(2,3)9(15)12-5-4-8(14)11-6-7-13/h13H,4-7H2,1-3H3,(H,11,14)(H,12,15). The molecular weight excluding hydrogens is 196 g/mol. The highest BCUT2D eigenvalue weighted by Gasteiger charge is 2.20. The number of rotatable bonds is 5. The number of amides is 2. The molecule has 0 heterocycles. The minimum absolute atomic E-state index is 0.0694. The summed E-state index contributed by atoms with van der Waals surface area (Å²) >= 11 is 0.